The maximum absolute atomic E-state index is 9.61. The zero-order valence-corrected chi connectivity index (χ0v) is 26.3. The Kier molecular flexibility index (Phi) is 11.8. The number of aliphatic hydroxyl groups is 2. The number of nitrogens with two attached hydrogens (primary N) is 1. The molecule has 10 nitrogen and oxygen atoms in total. The van der Waals surface area contributed by atoms with Crippen molar-refractivity contribution in [1.82, 2.24) is 24.8 Å². The molecule has 0 radical (unpaired) electrons. The van der Waals surface area contributed by atoms with Crippen LogP contribution in [0.4, 0.5) is 17.6 Å². The van der Waals surface area contributed by atoms with Gasteiger partial charge in [-0.1, -0.05) is 53.5 Å². The van der Waals surface area contributed by atoms with Crippen LogP contribution in [0.1, 0.15) is 35.1 Å². The average molecular weight is 637 g/mol. The van der Waals surface area contributed by atoms with Crippen molar-refractivity contribution in [2.45, 2.75) is 18.9 Å². The van der Waals surface area contributed by atoms with Gasteiger partial charge in [-0.15, -0.1) is 0 Å². The maximum atomic E-state index is 9.61. The van der Waals surface area contributed by atoms with E-state index in [4.69, 9.17) is 22.4 Å². The zero-order valence-electron chi connectivity index (χ0n) is 25.6. The number of nitrogen functional groups attached to an aromatic ring is 1. The summed E-state index contributed by atoms with van der Waals surface area (Å²) in [4.78, 5) is 23.5. The summed E-state index contributed by atoms with van der Waals surface area (Å²) in [7, 11) is 0. The van der Waals surface area contributed by atoms with Crippen molar-refractivity contribution in [3.63, 3.8) is 0 Å². The van der Waals surface area contributed by atoms with E-state index in [-0.39, 0.29) is 18.7 Å². The Morgan fingerprint density at radius 1 is 0.761 bits per heavy atom. The summed E-state index contributed by atoms with van der Waals surface area (Å²) in [6, 6.07) is 17.2. The molecule has 0 aliphatic carbocycles. The fourth-order valence-corrected chi connectivity index (χ4v) is 5.24. The van der Waals surface area contributed by atoms with Gasteiger partial charge in [0.15, 0.2) is 0 Å². The highest BCUT2D eigenvalue weighted by molar-refractivity contribution is 6.30. The quantitative estimate of drug-likeness (QED) is 0.288. The Balaban J connectivity index is 0.000000184. The Hall–Kier alpha value is -4.71. The molecule has 4 N–H and O–H groups in total. The highest BCUT2D eigenvalue weighted by atomic mass is 35.5. The molecule has 0 unspecified atom stereocenters. The molecule has 11 heteroatoms. The number of hydrogen-bond acceptors (Lipinski definition) is 10. The number of aliphatic hydroxyl groups excluding tert-OH is 2. The van der Waals surface area contributed by atoms with Gasteiger partial charge in [0.05, 0.1) is 30.0 Å². The predicted octanol–water partition coefficient (Wildman–Crippen LogP) is 3.06. The molecule has 2 fully saturated rings. The highest BCUT2D eigenvalue weighted by Gasteiger charge is 2.21. The fourth-order valence-electron chi connectivity index (χ4n) is 5.11. The molecule has 236 valence electrons. The lowest BCUT2D eigenvalue weighted by atomic mass is 10.1. The van der Waals surface area contributed by atoms with Gasteiger partial charge in [0.2, 0.25) is 5.95 Å². The topological polar surface area (TPSA) is 128 Å². The van der Waals surface area contributed by atoms with Gasteiger partial charge >= 0.3 is 0 Å². The summed E-state index contributed by atoms with van der Waals surface area (Å²) >= 11 is 5.90. The normalized spacial score (nSPS) is 15.1. The van der Waals surface area contributed by atoms with Gasteiger partial charge in [0, 0.05) is 68.2 Å². The van der Waals surface area contributed by atoms with Crippen LogP contribution >= 0.6 is 11.6 Å². The standard InChI is InChI=1S/C18H20ClN5O.C17H17N3O/c19-16-5-2-14(3-6-16)1-4-15-13-21-18(20)22-17(15)24-9-7-23(8-10-24)11-12-25;21-16-8-10-20(11-9-16)17-15(12-18-13-19-17)7-6-14-4-2-1-3-5-14/h2-3,5-6,13,25H,7-12H2,(H2,20,21,22);1-5,12-13,16,21H,8-11H2. The molecule has 2 aliphatic heterocycles. The van der Waals surface area contributed by atoms with Crippen LogP contribution in [0.15, 0.2) is 73.3 Å². The van der Waals surface area contributed by atoms with Crippen LogP contribution in [0.2, 0.25) is 5.02 Å². The number of benzene rings is 2. The molecule has 6 rings (SSSR count). The third kappa shape index (κ3) is 9.40. The van der Waals surface area contributed by atoms with Crippen molar-refractivity contribution < 1.29 is 10.2 Å². The Morgan fingerprint density at radius 3 is 2.07 bits per heavy atom. The average Bonchev–Trinajstić information content (AvgIpc) is 3.09. The predicted molar refractivity (Wildman–Crippen MR) is 182 cm³/mol. The number of piperidine rings is 1. The SMILES string of the molecule is Nc1ncc(C#Cc2ccc(Cl)cc2)c(N2CCN(CCO)CC2)n1.OC1CCN(c2ncncc2C#Cc2ccccc2)CC1. The van der Waals surface area contributed by atoms with E-state index < -0.39 is 0 Å². The van der Waals surface area contributed by atoms with Gasteiger partial charge in [-0.2, -0.15) is 4.98 Å². The molecule has 2 aromatic heterocycles. The van der Waals surface area contributed by atoms with Gasteiger partial charge < -0.3 is 25.7 Å². The van der Waals surface area contributed by atoms with E-state index in [0.717, 1.165) is 86.0 Å². The lowest BCUT2D eigenvalue weighted by molar-refractivity contribution is 0.145. The third-order valence-electron chi connectivity index (χ3n) is 7.63. The van der Waals surface area contributed by atoms with E-state index >= 15 is 0 Å². The van der Waals surface area contributed by atoms with Gasteiger partial charge in [0.1, 0.15) is 18.0 Å². The molecular weight excluding hydrogens is 600 g/mol. The van der Waals surface area contributed by atoms with Crippen LogP contribution in [0.3, 0.4) is 0 Å². The van der Waals surface area contributed by atoms with Gasteiger partial charge in [0.25, 0.3) is 0 Å². The highest BCUT2D eigenvalue weighted by Crippen LogP contribution is 2.21. The second kappa shape index (κ2) is 16.6. The number of rotatable bonds is 4. The Labute approximate surface area is 274 Å². The zero-order chi connectivity index (χ0) is 32.1. The van der Waals surface area contributed by atoms with Crippen LogP contribution in [0.5, 0.6) is 0 Å². The van der Waals surface area contributed by atoms with E-state index in [2.05, 4.69) is 58.3 Å². The lowest BCUT2D eigenvalue weighted by Crippen LogP contribution is -2.47. The second-order valence-electron chi connectivity index (χ2n) is 10.9. The molecular formula is C35H37ClN8O2. The van der Waals surface area contributed by atoms with E-state index in [1.165, 1.54) is 0 Å². The fraction of sp³-hybridized carbons (Fsp3) is 0.314. The van der Waals surface area contributed by atoms with Crippen molar-refractivity contribution >= 4 is 29.2 Å². The summed E-state index contributed by atoms with van der Waals surface area (Å²) < 4.78 is 0. The summed E-state index contributed by atoms with van der Waals surface area (Å²) in [5.74, 6) is 14.4. The summed E-state index contributed by atoms with van der Waals surface area (Å²) in [5, 5.41) is 19.3. The number of anilines is 3. The smallest absolute Gasteiger partial charge is 0.222 e. The molecule has 0 bridgehead atoms. The Morgan fingerprint density at radius 2 is 1.39 bits per heavy atom. The summed E-state index contributed by atoms with van der Waals surface area (Å²) in [6.07, 6.45) is 6.32. The molecule has 0 amide bonds. The lowest BCUT2D eigenvalue weighted by Gasteiger charge is -2.35. The molecule has 4 aromatic rings. The minimum atomic E-state index is -0.193. The molecule has 46 heavy (non-hydrogen) atoms. The first-order chi connectivity index (χ1) is 22.5. The van der Waals surface area contributed by atoms with E-state index in [1.807, 2.05) is 54.6 Å². The molecule has 2 saturated heterocycles. The van der Waals surface area contributed by atoms with E-state index in [0.29, 0.717) is 11.6 Å². The largest absolute Gasteiger partial charge is 0.395 e. The van der Waals surface area contributed by atoms with Gasteiger partial charge in [-0.25, -0.2) is 15.0 Å². The second-order valence-corrected chi connectivity index (χ2v) is 11.3. The first-order valence-electron chi connectivity index (χ1n) is 15.3. The van der Waals surface area contributed by atoms with Crippen LogP contribution in [0, 0.1) is 23.7 Å². The number of aromatic nitrogens is 4. The number of hydrogen-bond donors (Lipinski definition) is 3. The minimum absolute atomic E-state index is 0.179. The molecule has 2 aromatic carbocycles. The van der Waals surface area contributed by atoms with Gasteiger partial charge in [-0.3, -0.25) is 4.90 Å². The monoisotopic (exact) mass is 636 g/mol. The van der Waals surface area contributed by atoms with Gasteiger partial charge in [-0.05, 0) is 49.2 Å². The molecule has 0 atom stereocenters. The number of nitrogens with zero attached hydrogens (tertiary/aromatic N) is 7. The Bertz CT molecular complexity index is 1680. The summed E-state index contributed by atoms with van der Waals surface area (Å²) in [6.45, 7) is 5.85. The van der Waals surface area contributed by atoms with Crippen LogP contribution in [0.25, 0.3) is 0 Å². The molecule has 4 heterocycles. The number of piperazine rings is 1. The minimum Gasteiger partial charge on any atom is -0.395 e. The third-order valence-corrected chi connectivity index (χ3v) is 7.88. The molecule has 0 saturated carbocycles. The first-order valence-corrected chi connectivity index (χ1v) is 15.6. The van der Waals surface area contributed by atoms with Crippen molar-refractivity contribution in [2.75, 3.05) is 68.0 Å². The van der Waals surface area contributed by atoms with Crippen molar-refractivity contribution in [3.05, 3.63) is 101 Å². The van der Waals surface area contributed by atoms with E-state index in [1.54, 1.807) is 18.7 Å². The molecule has 0 spiro atoms. The van der Waals surface area contributed by atoms with Crippen molar-refractivity contribution in [3.8, 4) is 23.7 Å². The molecule has 2 aliphatic rings. The first kappa shape index (κ1) is 32.7. The maximum Gasteiger partial charge on any atom is 0.222 e. The van der Waals surface area contributed by atoms with Crippen LogP contribution in [-0.4, -0.2) is 93.6 Å². The van der Waals surface area contributed by atoms with Crippen molar-refractivity contribution in [1.29, 1.82) is 0 Å². The number of halogens is 1. The number of β-amino-alcohol motifs (C(OH)–C–C–N with tert-alkyl or cyclic N) is 1. The summed E-state index contributed by atoms with van der Waals surface area (Å²) in [5.41, 5.74) is 9.21. The van der Waals surface area contributed by atoms with E-state index in [9.17, 15) is 5.11 Å². The van der Waals surface area contributed by atoms with Crippen molar-refractivity contribution in [2.24, 2.45) is 0 Å². The van der Waals surface area contributed by atoms with Crippen LogP contribution in [-0.2, 0) is 0 Å². The van der Waals surface area contributed by atoms with Crippen LogP contribution < -0.4 is 15.5 Å².